The molecule has 1 aromatic heterocycles. The first kappa shape index (κ1) is 11.8. The fourth-order valence-electron chi connectivity index (χ4n) is 1.81. The highest BCUT2D eigenvalue weighted by Gasteiger charge is 2.16. The summed E-state index contributed by atoms with van der Waals surface area (Å²) in [6, 6.07) is 4.11. The highest BCUT2D eigenvalue weighted by molar-refractivity contribution is 5.96. The lowest BCUT2D eigenvalue weighted by atomic mass is 10.1. The summed E-state index contributed by atoms with van der Waals surface area (Å²) >= 11 is 0. The summed E-state index contributed by atoms with van der Waals surface area (Å²) in [4.78, 5) is 4.11. The first-order valence-electron chi connectivity index (χ1n) is 5.54. The van der Waals surface area contributed by atoms with Crippen LogP contribution >= 0.6 is 0 Å². The molecule has 4 N–H and O–H groups in total. The molecule has 1 saturated heterocycles. The Morgan fingerprint density at radius 2 is 2.59 bits per heavy atom. The second kappa shape index (κ2) is 5.60. The first-order chi connectivity index (χ1) is 8.31. The van der Waals surface area contributed by atoms with Crippen LogP contribution in [0.1, 0.15) is 17.7 Å². The maximum absolute atomic E-state index is 8.67. The lowest BCUT2D eigenvalue weighted by Crippen LogP contribution is -2.30. The Kier molecular flexibility index (Phi) is 3.89. The van der Waals surface area contributed by atoms with Crippen LogP contribution in [0.2, 0.25) is 0 Å². The summed E-state index contributed by atoms with van der Waals surface area (Å²) in [6.07, 6.45) is 2.63. The van der Waals surface area contributed by atoms with E-state index < -0.39 is 0 Å². The van der Waals surface area contributed by atoms with E-state index in [0.717, 1.165) is 25.2 Å². The van der Waals surface area contributed by atoms with Crippen LogP contribution < -0.4 is 11.1 Å². The number of nitrogens with two attached hydrogens (primary N) is 1. The van der Waals surface area contributed by atoms with Crippen LogP contribution in [0.5, 0.6) is 0 Å². The van der Waals surface area contributed by atoms with Crippen molar-refractivity contribution in [1.29, 1.82) is 0 Å². The minimum absolute atomic E-state index is 0.0325. The summed E-state index contributed by atoms with van der Waals surface area (Å²) in [5.41, 5.74) is 6.99. The van der Waals surface area contributed by atoms with Crippen molar-refractivity contribution in [2.75, 3.05) is 13.2 Å². The lowest BCUT2D eigenvalue weighted by Gasteiger charge is -2.12. The second-order valence-corrected chi connectivity index (χ2v) is 3.94. The van der Waals surface area contributed by atoms with Crippen molar-refractivity contribution >= 4 is 5.84 Å². The van der Waals surface area contributed by atoms with Crippen LogP contribution in [0.3, 0.4) is 0 Å². The van der Waals surface area contributed by atoms with Gasteiger partial charge in [-0.2, -0.15) is 0 Å². The van der Waals surface area contributed by atoms with E-state index in [2.05, 4.69) is 15.5 Å². The van der Waals surface area contributed by atoms with Gasteiger partial charge in [-0.25, -0.2) is 0 Å². The molecule has 0 aliphatic carbocycles. The molecular formula is C11H16N4O2. The highest BCUT2D eigenvalue weighted by atomic mass is 16.5. The molecular weight excluding hydrogens is 220 g/mol. The average molecular weight is 236 g/mol. The molecule has 1 unspecified atom stereocenters. The Bertz CT molecular complexity index is 402. The molecule has 0 bridgehead atoms. The third-order valence-corrected chi connectivity index (χ3v) is 2.75. The van der Waals surface area contributed by atoms with Crippen molar-refractivity contribution in [1.82, 2.24) is 10.3 Å². The van der Waals surface area contributed by atoms with Crippen molar-refractivity contribution < 1.29 is 9.94 Å². The van der Waals surface area contributed by atoms with E-state index in [1.165, 1.54) is 0 Å². The minimum Gasteiger partial charge on any atom is -0.409 e. The number of rotatable bonds is 4. The fraction of sp³-hybridized carbons (Fsp3) is 0.455. The molecule has 6 heteroatoms. The molecule has 0 aromatic carbocycles. The van der Waals surface area contributed by atoms with Crippen LogP contribution in [-0.4, -0.2) is 35.3 Å². The van der Waals surface area contributed by atoms with Crippen molar-refractivity contribution in [3.8, 4) is 0 Å². The van der Waals surface area contributed by atoms with Gasteiger partial charge in [0.15, 0.2) is 5.84 Å². The number of amidine groups is 1. The second-order valence-electron chi connectivity index (χ2n) is 3.94. The largest absolute Gasteiger partial charge is 0.409 e. The topological polar surface area (TPSA) is 92.8 Å². The van der Waals surface area contributed by atoms with E-state index in [0.29, 0.717) is 18.3 Å². The first-order valence-corrected chi connectivity index (χ1v) is 5.54. The quantitative estimate of drug-likeness (QED) is 0.297. The monoisotopic (exact) mass is 236 g/mol. The summed E-state index contributed by atoms with van der Waals surface area (Å²) in [6.45, 7) is 2.17. The van der Waals surface area contributed by atoms with Crippen molar-refractivity contribution in [3.05, 3.63) is 29.6 Å². The Hall–Kier alpha value is -1.66. The summed E-state index contributed by atoms with van der Waals surface area (Å²) in [5, 5.41) is 15.0. The molecule has 6 nitrogen and oxygen atoms in total. The zero-order valence-corrected chi connectivity index (χ0v) is 9.47. The molecule has 1 aromatic rings. The number of nitrogens with zero attached hydrogens (tertiary/aromatic N) is 2. The smallest absolute Gasteiger partial charge is 0.189 e. The maximum atomic E-state index is 8.67. The number of aromatic nitrogens is 1. The average Bonchev–Trinajstić information content (AvgIpc) is 2.89. The van der Waals surface area contributed by atoms with Gasteiger partial charge in [-0.05, 0) is 18.1 Å². The Morgan fingerprint density at radius 1 is 1.71 bits per heavy atom. The van der Waals surface area contributed by atoms with Gasteiger partial charge < -0.3 is 21.0 Å². The number of pyridine rings is 1. The van der Waals surface area contributed by atoms with Gasteiger partial charge in [0.2, 0.25) is 0 Å². The van der Waals surface area contributed by atoms with Crippen molar-refractivity contribution in [2.24, 2.45) is 10.9 Å². The number of ether oxygens (including phenoxy) is 1. The normalized spacial score (nSPS) is 20.7. The molecule has 2 heterocycles. The third kappa shape index (κ3) is 2.92. The van der Waals surface area contributed by atoms with Gasteiger partial charge in [-0.3, -0.25) is 4.98 Å². The Balaban J connectivity index is 2.04. The van der Waals surface area contributed by atoms with Gasteiger partial charge in [0.1, 0.15) is 5.69 Å². The highest BCUT2D eigenvalue weighted by Crippen LogP contribution is 2.08. The molecule has 0 saturated carbocycles. The zero-order chi connectivity index (χ0) is 12.1. The van der Waals surface area contributed by atoms with Gasteiger partial charge >= 0.3 is 0 Å². The molecule has 0 radical (unpaired) electrons. The van der Waals surface area contributed by atoms with Gasteiger partial charge in [0.25, 0.3) is 0 Å². The molecule has 2 rings (SSSR count). The number of hydrogen-bond donors (Lipinski definition) is 3. The number of oxime groups is 1. The number of nitrogens with one attached hydrogen (secondary N) is 1. The molecule has 1 aliphatic rings. The van der Waals surface area contributed by atoms with E-state index in [9.17, 15) is 0 Å². The molecule has 1 aliphatic heterocycles. The number of hydrogen-bond acceptors (Lipinski definition) is 5. The van der Waals surface area contributed by atoms with Crippen LogP contribution in [0.25, 0.3) is 0 Å². The van der Waals surface area contributed by atoms with E-state index >= 15 is 0 Å². The zero-order valence-electron chi connectivity index (χ0n) is 9.47. The van der Waals surface area contributed by atoms with Gasteiger partial charge in [0, 0.05) is 25.4 Å². The van der Waals surface area contributed by atoms with Crippen LogP contribution in [0, 0.1) is 0 Å². The van der Waals surface area contributed by atoms with E-state index in [1.54, 1.807) is 6.20 Å². The molecule has 0 amide bonds. The summed E-state index contributed by atoms with van der Waals surface area (Å²) in [5.74, 6) is 0.0325. The maximum Gasteiger partial charge on any atom is 0.189 e. The van der Waals surface area contributed by atoms with Crippen LogP contribution in [0.4, 0.5) is 0 Å². The van der Waals surface area contributed by atoms with Gasteiger partial charge in [-0.1, -0.05) is 11.2 Å². The molecule has 92 valence electrons. The van der Waals surface area contributed by atoms with E-state index in [-0.39, 0.29) is 5.84 Å². The van der Waals surface area contributed by atoms with E-state index in [1.807, 2.05) is 12.1 Å². The molecule has 1 fully saturated rings. The van der Waals surface area contributed by atoms with Crippen molar-refractivity contribution in [2.45, 2.75) is 19.0 Å². The summed E-state index contributed by atoms with van der Waals surface area (Å²) in [7, 11) is 0. The van der Waals surface area contributed by atoms with Crippen LogP contribution in [0.15, 0.2) is 23.5 Å². The minimum atomic E-state index is 0.0325. The fourth-order valence-corrected chi connectivity index (χ4v) is 1.81. The Morgan fingerprint density at radius 3 is 3.29 bits per heavy atom. The Labute approximate surface area is 99.5 Å². The standard InChI is InChI=1S/C11H16N4O2/c12-11(15-16)10-8(2-1-4-13-10)6-14-9-3-5-17-7-9/h1-2,4,9,14,16H,3,5-7H2,(H2,12,15). The molecule has 1 atom stereocenters. The predicted octanol–water partition coefficient (Wildman–Crippen LogP) is 0.0546. The van der Waals surface area contributed by atoms with E-state index in [4.69, 9.17) is 15.7 Å². The van der Waals surface area contributed by atoms with Crippen LogP contribution in [-0.2, 0) is 11.3 Å². The SMILES string of the molecule is N/C(=N/O)c1ncccc1CNC1CCOC1. The summed E-state index contributed by atoms with van der Waals surface area (Å²) < 4.78 is 5.28. The molecule has 0 spiro atoms. The third-order valence-electron chi connectivity index (χ3n) is 2.75. The van der Waals surface area contributed by atoms with Crippen molar-refractivity contribution in [3.63, 3.8) is 0 Å². The lowest BCUT2D eigenvalue weighted by molar-refractivity contribution is 0.190. The van der Waals surface area contributed by atoms with Gasteiger partial charge in [-0.15, -0.1) is 0 Å². The van der Waals surface area contributed by atoms with Gasteiger partial charge in [0.05, 0.1) is 6.61 Å². The molecule has 17 heavy (non-hydrogen) atoms. The predicted molar refractivity (Wildman–Crippen MR) is 62.8 cm³/mol.